The van der Waals surface area contributed by atoms with E-state index in [4.69, 9.17) is 0 Å². The van der Waals surface area contributed by atoms with Crippen LogP contribution in [0.5, 0.6) is 0 Å². The quantitative estimate of drug-likeness (QED) is 0.869. The molecule has 0 bridgehead atoms. The highest BCUT2D eigenvalue weighted by atomic mass is 16.2. The van der Waals surface area contributed by atoms with Gasteiger partial charge in [0.2, 0.25) is 0 Å². The molecule has 0 unspecified atom stereocenters. The zero-order chi connectivity index (χ0) is 15.1. The molecule has 2 aromatic rings. The average molecular weight is 296 g/mol. The number of aromatic nitrogens is 2. The molecule has 1 aromatic heterocycles. The number of aryl methyl sites for hydroxylation is 1. The predicted molar refractivity (Wildman–Crippen MR) is 84.8 cm³/mol. The van der Waals surface area contributed by atoms with Crippen molar-refractivity contribution in [3.05, 3.63) is 41.1 Å². The standard InChI is InChI=1S/C17H20N4O/c1-20-8-10-21(11-9-20)17(22)16-14-7-6-12-4-2-3-5-13(12)15(14)18-19-16/h2-5H,6-11H2,1H3,(H,18,19). The van der Waals surface area contributed by atoms with Gasteiger partial charge < -0.3 is 9.80 Å². The number of H-pyrrole nitrogens is 1. The van der Waals surface area contributed by atoms with Crippen LogP contribution in [-0.2, 0) is 12.8 Å². The molecule has 0 spiro atoms. The highest BCUT2D eigenvalue weighted by molar-refractivity contribution is 5.96. The van der Waals surface area contributed by atoms with Gasteiger partial charge in [-0.15, -0.1) is 0 Å². The Morgan fingerprint density at radius 1 is 1.14 bits per heavy atom. The van der Waals surface area contributed by atoms with Crippen molar-refractivity contribution in [2.45, 2.75) is 12.8 Å². The van der Waals surface area contributed by atoms with Crippen LogP contribution in [0.4, 0.5) is 0 Å². The number of aromatic amines is 1. The van der Waals surface area contributed by atoms with Crippen molar-refractivity contribution in [2.24, 2.45) is 0 Å². The Hall–Kier alpha value is -2.14. The first-order valence-corrected chi connectivity index (χ1v) is 7.87. The minimum atomic E-state index is 0.0984. The molecule has 5 nitrogen and oxygen atoms in total. The zero-order valence-corrected chi connectivity index (χ0v) is 12.8. The van der Waals surface area contributed by atoms with Crippen molar-refractivity contribution in [3.63, 3.8) is 0 Å². The van der Waals surface area contributed by atoms with Crippen molar-refractivity contribution in [1.29, 1.82) is 0 Å². The first-order chi connectivity index (χ1) is 10.7. The van der Waals surface area contributed by atoms with Crippen molar-refractivity contribution >= 4 is 5.91 Å². The second kappa shape index (κ2) is 5.25. The van der Waals surface area contributed by atoms with Crippen LogP contribution in [0.2, 0.25) is 0 Å². The van der Waals surface area contributed by atoms with Crippen LogP contribution < -0.4 is 0 Å². The Morgan fingerprint density at radius 3 is 2.73 bits per heavy atom. The third-order valence-electron chi connectivity index (χ3n) is 4.79. The van der Waals surface area contributed by atoms with E-state index in [1.54, 1.807) is 0 Å². The SMILES string of the molecule is CN1CCN(C(=O)c2[nH]nc3c2CCc2ccccc2-3)CC1. The summed E-state index contributed by atoms with van der Waals surface area (Å²) in [5.41, 5.74) is 5.22. The molecule has 1 aromatic carbocycles. The first kappa shape index (κ1) is 13.5. The lowest BCUT2D eigenvalue weighted by atomic mass is 9.89. The Kier molecular flexibility index (Phi) is 3.22. The van der Waals surface area contributed by atoms with E-state index in [0.29, 0.717) is 5.69 Å². The van der Waals surface area contributed by atoms with Gasteiger partial charge in [0.05, 0.1) is 5.69 Å². The number of fused-ring (bicyclic) bond motifs is 3. The summed E-state index contributed by atoms with van der Waals surface area (Å²) in [7, 11) is 2.09. The van der Waals surface area contributed by atoms with Crippen LogP contribution >= 0.6 is 0 Å². The summed E-state index contributed by atoms with van der Waals surface area (Å²) < 4.78 is 0. The van der Waals surface area contributed by atoms with Gasteiger partial charge in [-0.25, -0.2) is 0 Å². The fraction of sp³-hybridized carbons (Fsp3) is 0.412. The van der Waals surface area contributed by atoms with Gasteiger partial charge >= 0.3 is 0 Å². The smallest absolute Gasteiger partial charge is 0.272 e. The highest BCUT2D eigenvalue weighted by Gasteiger charge is 2.28. The van der Waals surface area contributed by atoms with Gasteiger partial charge in [0.25, 0.3) is 5.91 Å². The highest BCUT2D eigenvalue weighted by Crippen LogP contribution is 2.33. The number of likely N-dealkylation sites (N-methyl/N-ethyl adjacent to an activating group) is 1. The van der Waals surface area contributed by atoms with Gasteiger partial charge in [0, 0.05) is 37.3 Å². The summed E-state index contributed by atoms with van der Waals surface area (Å²) >= 11 is 0. The number of amides is 1. The third-order valence-corrected chi connectivity index (χ3v) is 4.79. The van der Waals surface area contributed by atoms with Gasteiger partial charge in [-0.2, -0.15) is 5.10 Å². The van der Waals surface area contributed by atoms with E-state index < -0.39 is 0 Å². The maximum Gasteiger partial charge on any atom is 0.272 e. The monoisotopic (exact) mass is 296 g/mol. The number of nitrogens with one attached hydrogen (secondary N) is 1. The van der Waals surface area contributed by atoms with Crippen LogP contribution in [0.1, 0.15) is 21.6 Å². The van der Waals surface area contributed by atoms with E-state index in [-0.39, 0.29) is 5.91 Å². The third kappa shape index (κ3) is 2.13. The number of hydrogen-bond donors (Lipinski definition) is 1. The lowest BCUT2D eigenvalue weighted by Gasteiger charge is -2.32. The molecule has 2 aliphatic rings. The molecule has 1 fully saturated rings. The number of benzene rings is 1. The molecule has 1 saturated heterocycles. The Morgan fingerprint density at radius 2 is 1.91 bits per heavy atom. The largest absolute Gasteiger partial charge is 0.335 e. The molecule has 1 aliphatic carbocycles. The number of carbonyl (C=O) groups excluding carboxylic acids is 1. The van der Waals surface area contributed by atoms with E-state index >= 15 is 0 Å². The molecule has 0 saturated carbocycles. The number of hydrogen-bond acceptors (Lipinski definition) is 3. The summed E-state index contributed by atoms with van der Waals surface area (Å²) in [4.78, 5) is 17.0. The normalized spacial score (nSPS) is 18.0. The molecular formula is C17H20N4O. The van der Waals surface area contributed by atoms with Crippen LogP contribution in [-0.4, -0.2) is 59.1 Å². The second-order valence-corrected chi connectivity index (χ2v) is 6.18. The average Bonchev–Trinajstić information content (AvgIpc) is 2.99. The lowest BCUT2D eigenvalue weighted by molar-refractivity contribution is 0.0657. The summed E-state index contributed by atoms with van der Waals surface area (Å²) in [6.45, 7) is 3.45. The van der Waals surface area contributed by atoms with Gasteiger partial charge in [-0.1, -0.05) is 24.3 Å². The maximum absolute atomic E-state index is 12.8. The number of rotatable bonds is 1. The minimum Gasteiger partial charge on any atom is -0.335 e. The molecule has 4 rings (SSSR count). The molecule has 22 heavy (non-hydrogen) atoms. The predicted octanol–water partition coefficient (Wildman–Crippen LogP) is 1.56. The van der Waals surface area contributed by atoms with Crippen LogP contribution in [0.3, 0.4) is 0 Å². The van der Waals surface area contributed by atoms with Crippen molar-refractivity contribution < 1.29 is 4.79 Å². The van der Waals surface area contributed by atoms with E-state index in [1.807, 2.05) is 11.0 Å². The second-order valence-electron chi connectivity index (χ2n) is 6.18. The number of nitrogens with zero attached hydrogens (tertiary/aromatic N) is 3. The van der Waals surface area contributed by atoms with Crippen LogP contribution in [0.15, 0.2) is 24.3 Å². The number of piperazine rings is 1. The fourth-order valence-electron chi connectivity index (χ4n) is 3.40. The molecule has 114 valence electrons. The summed E-state index contributed by atoms with van der Waals surface area (Å²) in [6.07, 6.45) is 1.86. The van der Waals surface area contributed by atoms with Crippen molar-refractivity contribution in [3.8, 4) is 11.3 Å². The van der Waals surface area contributed by atoms with Gasteiger partial charge in [0.15, 0.2) is 0 Å². The molecule has 0 radical (unpaired) electrons. The Balaban J connectivity index is 1.66. The van der Waals surface area contributed by atoms with Gasteiger partial charge in [-0.3, -0.25) is 9.89 Å². The molecule has 2 heterocycles. The van der Waals surface area contributed by atoms with Crippen molar-refractivity contribution in [1.82, 2.24) is 20.0 Å². The van der Waals surface area contributed by atoms with Gasteiger partial charge in [0.1, 0.15) is 5.69 Å². The molecule has 1 aliphatic heterocycles. The summed E-state index contributed by atoms with van der Waals surface area (Å²) in [6, 6.07) is 8.34. The van der Waals surface area contributed by atoms with Crippen molar-refractivity contribution in [2.75, 3.05) is 33.2 Å². The van der Waals surface area contributed by atoms with E-state index in [1.165, 1.54) is 5.56 Å². The molecule has 1 amide bonds. The first-order valence-electron chi connectivity index (χ1n) is 7.87. The zero-order valence-electron chi connectivity index (χ0n) is 12.8. The number of carbonyl (C=O) groups is 1. The molecular weight excluding hydrogens is 276 g/mol. The van der Waals surface area contributed by atoms with E-state index in [2.05, 4.69) is 40.3 Å². The molecule has 0 atom stereocenters. The summed E-state index contributed by atoms with van der Waals surface area (Å²) in [5, 5.41) is 7.46. The minimum absolute atomic E-state index is 0.0984. The van der Waals surface area contributed by atoms with Crippen LogP contribution in [0, 0.1) is 0 Å². The van der Waals surface area contributed by atoms with Gasteiger partial charge in [-0.05, 0) is 25.5 Å². The topological polar surface area (TPSA) is 52.2 Å². The fourth-order valence-corrected chi connectivity index (χ4v) is 3.40. The van der Waals surface area contributed by atoms with Crippen LogP contribution in [0.25, 0.3) is 11.3 Å². The maximum atomic E-state index is 12.8. The summed E-state index contributed by atoms with van der Waals surface area (Å²) in [5.74, 6) is 0.0984. The Bertz CT molecular complexity index is 713. The molecule has 1 N–H and O–H groups in total. The Labute approximate surface area is 129 Å². The lowest BCUT2D eigenvalue weighted by Crippen LogP contribution is -2.47. The molecule has 5 heteroatoms. The van der Waals surface area contributed by atoms with E-state index in [9.17, 15) is 4.79 Å². The van der Waals surface area contributed by atoms with E-state index in [0.717, 1.165) is 55.8 Å².